The summed E-state index contributed by atoms with van der Waals surface area (Å²) in [5.74, 6) is 0.760. The molecule has 1 aromatic heterocycles. The fourth-order valence-corrected chi connectivity index (χ4v) is 5.21. The molecule has 3 rings (SSSR count). The van der Waals surface area contributed by atoms with Crippen LogP contribution in [0.5, 0.6) is 0 Å². The average molecular weight is 344 g/mol. The Hall–Kier alpha value is 0.100. The summed E-state index contributed by atoms with van der Waals surface area (Å²) in [5, 5.41) is 13.3. The van der Waals surface area contributed by atoms with Crippen LogP contribution in [0.2, 0.25) is 0 Å². The van der Waals surface area contributed by atoms with Crippen LogP contribution in [0, 0.1) is 5.92 Å². The van der Waals surface area contributed by atoms with Crippen molar-refractivity contribution < 1.29 is 5.11 Å². The first-order valence-electron chi connectivity index (χ1n) is 7.42. The van der Waals surface area contributed by atoms with Crippen molar-refractivity contribution in [1.82, 2.24) is 5.32 Å². The molecule has 1 saturated carbocycles. The van der Waals surface area contributed by atoms with Gasteiger partial charge in [0, 0.05) is 10.9 Å². The number of hydrogen-bond acceptors (Lipinski definition) is 3. The molecule has 1 fully saturated rings. The summed E-state index contributed by atoms with van der Waals surface area (Å²) >= 11 is 5.52. The number of thiophene rings is 1. The summed E-state index contributed by atoms with van der Waals surface area (Å²) in [6.45, 7) is 1.12. The molecule has 1 unspecified atom stereocenters. The van der Waals surface area contributed by atoms with Crippen molar-refractivity contribution in [3.8, 4) is 0 Å². The minimum absolute atomic E-state index is 0.0367. The van der Waals surface area contributed by atoms with E-state index in [9.17, 15) is 5.11 Å². The molecule has 0 saturated heterocycles. The predicted molar refractivity (Wildman–Crippen MR) is 83.7 cm³/mol. The monoisotopic (exact) mass is 343 g/mol. The first kappa shape index (κ1) is 14.1. The zero-order valence-corrected chi connectivity index (χ0v) is 13.6. The second kappa shape index (κ2) is 6.25. The van der Waals surface area contributed by atoms with Gasteiger partial charge < -0.3 is 10.4 Å². The van der Waals surface area contributed by atoms with E-state index < -0.39 is 0 Å². The van der Waals surface area contributed by atoms with Crippen LogP contribution in [0.1, 0.15) is 55.0 Å². The van der Waals surface area contributed by atoms with Gasteiger partial charge in [0.25, 0.3) is 0 Å². The summed E-state index contributed by atoms with van der Waals surface area (Å²) in [6, 6.07) is 2.86. The molecule has 0 amide bonds. The van der Waals surface area contributed by atoms with Crippen molar-refractivity contribution in [3.63, 3.8) is 0 Å². The first-order chi connectivity index (χ1) is 9.22. The molecule has 2 aliphatic rings. The Bertz CT molecular complexity index is 426. The van der Waals surface area contributed by atoms with Crippen LogP contribution in [-0.2, 0) is 6.42 Å². The molecule has 19 heavy (non-hydrogen) atoms. The number of fused-ring (bicyclic) bond motifs is 1. The maximum absolute atomic E-state index is 9.55. The molecule has 0 aromatic carbocycles. The minimum Gasteiger partial charge on any atom is -0.393 e. The molecule has 2 nitrogen and oxygen atoms in total. The molecule has 0 bridgehead atoms. The van der Waals surface area contributed by atoms with E-state index in [1.807, 2.05) is 11.3 Å². The van der Waals surface area contributed by atoms with E-state index in [4.69, 9.17) is 0 Å². The lowest BCUT2D eigenvalue weighted by atomic mass is 9.86. The topological polar surface area (TPSA) is 32.3 Å². The second-order valence-electron chi connectivity index (χ2n) is 5.96. The fourth-order valence-electron chi connectivity index (χ4n) is 3.39. The quantitative estimate of drug-likeness (QED) is 0.868. The highest BCUT2D eigenvalue weighted by Crippen LogP contribution is 2.38. The van der Waals surface area contributed by atoms with E-state index in [2.05, 4.69) is 27.3 Å². The highest BCUT2D eigenvalue weighted by atomic mass is 79.9. The summed E-state index contributed by atoms with van der Waals surface area (Å²) < 4.78 is 1.27. The van der Waals surface area contributed by atoms with Crippen molar-refractivity contribution in [1.29, 1.82) is 0 Å². The maximum Gasteiger partial charge on any atom is 0.0704 e. The highest BCUT2D eigenvalue weighted by Gasteiger charge is 2.24. The number of aliphatic hydroxyl groups is 1. The molecule has 1 atom stereocenters. The number of hydrogen-bond donors (Lipinski definition) is 2. The van der Waals surface area contributed by atoms with Crippen molar-refractivity contribution in [3.05, 3.63) is 20.3 Å². The van der Waals surface area contributed by atoms with Crippen molar-refractivity contribution in [2.45, 2.75) is 57.1 Å². The van der Waals surface area contributed by atoms with Gasteiger partial charge in [0.15, 0.2) is 0 Å². The molecule has 2 N–H and O–H groups in total. The van der Waals surface area contributed by atoms with Crippen LogP contribution < -0.4 is 5.32 Å². The lowest BCUT2D eigenvalue weighted by Gasteiger charge is -2.29. The van der Waals surface area contributed by atoms with E-state index >= 15 is 0 Å². The molecular formula is C15H22BrNOS. The molecule has 1 heterocycles. The van der Waals surface area contributed by atoms with Gasteiger partial charge in [0.1, 0.15) is 0 Å². The van der Waals surface area contributed by atoms with Crippen LogP contribution in [0.15, 0.2) is 9.85 Å². The third-order valence-corrected chi connectivity index (χ3v) is 6.27. The average Bonchev–Trinajstić information content (AvgIpc) is 2.79. The third kappa shape index (κ3) is 3.41. The van der Waals surface area contributed by atoms with E-state index in [1.165, 1.54) is 41.5 Å². The van der Waals surface area contributed by atoms with Crippen molar-refractivity contribution in [2.75, 3.05) is 6.54 Å². The van der Waals surface area contributed by atoms with Crippen LogP contribution in [0.3, 0.4) is 0 Å². The Kier molecular flexibility index (Phi) is 4.62. The standard InChI is InChI=1S/C15H22BrNOS/c16-15-8-12-13(2-1-3-14(12)19-15)17-9-10-4-6-11(18)7-5-10/h8,10-11,13,17-18H,1-7,9H2. The first-order valence-corrected chi connectivity index (χ1v) is 9.03. The molecule has 2 aliphatic carbocycles. The number of aliphatic hydroxyl groups excluding tert-OH is 1. The number of nitrogens with one attached hydrogen (secondary N) is 1. The van der Waals surface area contributed by atoms with Gasteiger partial charge in [-0.15, -0.1) is 11.3 Å². The van der Waals surface area contributed by atoms with Crippen LogP contribution in [-0.4, -0.2) is 17.8 Å². The second-order valence-corrected chi connectivity index (χ2v) is 8.47. The molecule has 0 spiro atoms. The zero-order chi connectivity index (χ0) is 13.2. The van der Waals surface area contributed by atoms with E-state index in [1.54, 1.807) is 4.88 Å². The summed E-state index contributed by atoms with van der Waals surface area (Å²) in [5.41, 5.74) is 1.53. The van der Waals surface area contributed by atoms with Gasteiger partial charge in [-0.25, -0.2) is 0 Å². The fraction of sp³-hybridized carbons (Fsp3) is 0.733. The van der Waals surface area contributed by atoms with Gasteiger partial charge in [-0.05, 0) is 85.0 Å². The Morgan fingerprint density at radius 3 is 2.84 bits per heavy atom. The van der Waals surface area contributed by atoms with Gasteiger partial charge in [-0.1, -0.05) is 0 Å². The summed E-state index contributed by atoms with van der Waals surface area (Å²) in [6.07, 6.45) is 8.14. The van der Waals surface area contributed by atoms with Crippen LogP contribution in [0.4, 0.5) is 0 Å². The van der Waals surface area contributed by atoms with Crippen molar-refractivity contribution >= 4 is 27.3 Å². The van der Waals surface area contributed by atoms with Gasteiger partial charge in [0.05, 0.1) is 9.89 Å². The highest BCUT2D eigenvalue weighted by molar-refractivity contribution is 9.11. The molecular weight excluding hydrogens is 322 g/mol. The zero-order valence-electron chi connectivity index (χ0n) is 11.2. The normalized spacial score (nSPS) is 31.2. The van der Waals surface area contributed by atoms with Gasteiger partial charge >= 0.3 is 0 Å². The van der Waals surface area contributed by atoms with E-state index in [0.717, 1.165) is 25.3 Å². The van der Waals surface area contributed by atoms with Gasteiger partial charge in [-0.3, -0.25) is 0 Å². The Morgan fingerprint density at radius 1 is 1.26 bits per heavy atom. The maximum atomic E-state index is 9.55. The number of aryl methyl sites for hydroxylation is 1. The van der Waals surface area contributed by atoms with E-state index in [-0.39, 0.29) is 6.10 Å². The Morgan fingerprint density at radius 2 is 2.05 bits per heavy atom. The van der Waals surface area contributed by atoms with Crippen molar-refractivity contribution in [2.24, 2.45) is 5.92 Å². The molecule has 1 aromatic rings. The largest absolute Gasteiger partial charge is 0.393 e. The number of halogens is 1. The van der Waals surface area contributed by atoms with Gasteiger partial charge in [-0.2, -0.15) is 0 Å². The van der Waals surface area contributed by atoms with Crippen LogP contribution >= 0.6 is 27.3 Å². The van der Waals surface area contributed by atoms with Gasteiger partial charge in [0.2, 0.25) is 0 Å². The van der Waals surface area contributed by atoms with E-state index in [0.29, 0.717) is 6.04 Å². The molecule has 0 aliphatic heterocycles. The summed E-state index contributed by atoms with van der Waals surface area (Å²) in [4.78, 5) is 1.56. The SMILES string of the molecule is OC1CCC(CNC2CCCc3sc(Br)cc32)CC1. The lowest BCUT2D eigenvalue weighted by Crippen LogP contribution is -2.31. The smallest absolute Gasteiger partial charge is 0.0704 e. The predicted octanol–water partition coefficient (Wildman–Crippen LogP) is 4.03. The third-order valence-electron chi connectivity index (χ3n) is 4.55. The Labute approximate surface area is 127 Å². The number of rotatable bonds is 3. The lowest BCUT2D eigenvalue weighted by molar-refractivity contribution is 0.107. The summed E-state index contributed by atoms with van der Waals surface area (Å²) in [7, 11) is 0. The minimum atomic E-state index is -0.0367. The molecule has 0 radical (unpaired) electrons. The molecule has 4 heteroatoms. The van der Waals surface area contributed by atoms with Crippen LogP contribution in [0.25, 0.3) is 0 Å². The molecule has 106 valence electrons. The Balaban J connectivity index is 1.56.